The van der Waals surface area contributed by atoms with Crippen LogP contribution in [0.1, 0.15) is 19.3 Å². The van der Waals surface area contributed by atoms with Gasteiger partial charge in [-0.2, -0.15) is 0 Å². The van der Waals surface area contributed by atoms with Crippen molar-refractivity contribution in [2.75, 3.05) is 0 Å². The molecule has 1 fully saturated rings. The summed E-state index contributed by atoms with van der Waals surface area (Å²) in [6, 6.07) is 0. The first-order chi connectivity index (χ1) is 5.45. The monoisotopic (exact) mass is 222 g/mol. The van der Waals surface area contributed by atoms with Gasteiger partial charge >= 0.3 is 0 Å². The molecule has 0 nitrogen and oxygen atoms in total. The van der Waals surface area contributed by atoms with Gasteiger partial charge in [0.25, 0.3) is 0 Å². The molecule has 0 radical (unpaired) electrons. The second-order valence-corrected chi connectivity index (χ2v) is 13.0. The number of allylic oxidation sites excluding steroid dienone is 2. The summed E-state index contributed by atoms with van der Waals surface area (Å²) in [6.45, 7) is 2.05. The maximum absolute atomic E-state index is 5.43. The molecule has 0 aliphatic heterocycles. The van der Waals surface area contributed by atoms with E-state index in [0.717, 1.165) is 11.8 Å². The van der Waals surface area contributed by atoms with Crippen molar-refractivity contribution in [2.24, 2.45) is 11.8 Å². The second-order valence-electron chi connectivity index (χ2n) is 4.05. The Hall–Kier alpha value is 0.537. The average molecular weight is 223 g/mol. The summed E-state index contributed by atoms with van der Waals surface area (Å²) in [7, 11) is 0. The smallest absolute Gasteiger partial charge is 0.146 e. The van der Waals surface area contributed by atoms with Crippen molar-refractivity contribution in [2.45, 2.75) is 32.4 Å². The highest BCUT2D eigenvalue weighted by atomic mass is 35.7. The molecule has 2 rings (SSSR count). The van der Waals surface area contributed by atoms with Crippen LogP contribution in [0.4, 0.5) is 0 Å². The molecule has 3 heteroatoms. The Morgan fingerprint density at radius 3 is 1.50 bits per heavy atom. The standard InChI is InChI=1S/C7H10.C2H6Cl2Si/c1-2-7-4-3-6(1)5-7;1-5(2,3)4/h1-2,6-7H,3-5H2;1-2H3. The van der Waals surface area contributed by atoms with Gasteiger partial charge in [0.1, 0.15) is 0 Å². The van der Waals surface area contributed by atoms with Crippen molar-refractivity contribution >= 4 is 28.9 Å². The molecule has 70 valence electrons. The van der Waals surface area contributed by atoms with Crippen molar-refractivity contribution < 1.29 is 0 Å². The third kappa shape index (κ3) is 4.54. The molecule has 0 amide bonds. The zero-order chi connectivity index (χ0) is 9.19. The van der Waals surface area contributed by atoms with Crippen LogP contribution in [0.2, 0.25) is 13.1 Å². The molecular formula is C9H16Cl2Si. The van der Waals surface area contributed by atoms with Gasteiger partial charge in [-0.15, -0.1) is 22.2 Å². The minimum Gasteiger partial charge on any atom is -0.146 e. The van der Waals surface area contributed by atoms with E-state index in [1.54, 1.807) is 0 Å². The largest absolute Gasteiger partial charge is 0.245 e. The number of rotatable bonds is 0. The third-order valence-corrected chi connectivity index (χ3v) is 2.17. The lowest BCUT2D eigenvalue weighted by Crippen LogP contribution is -2.02. The lowest BCUT2D eigenvalue weighted by Gasteiger charge is -1.96. The predicted octanol–water partition coefficient (Wildman–Crippen LogP) is 4.14. The molecule has 0 aromatic rings. The van der Waals surface area contributed by atoms with Gasteiger partial charge in [-0.05, 0) is 44.2 Å². The SMILES string of the molecule is C1=CC2CCC1C2.C[Si](C)(Cl)Cl. The molecule has 2 unspecified atom stereocenters. The van der Waals surface area contributed by atoms with Gasteiger partial charge in [-0.3, -0.25) is 0 Å². The van der Waals surface area contributed by atoms with Gasteiger partial charge in [0.2, 0.25) is 6.69 Å². The third-order valence-electron chi connectivity index (χ3n) is 2.17. The minimum absolute atomic E-state index is 0.991. The summed E-state index contributed by atoms with van der Waals surface area (Å²) < 4.78 is 0. The van der Waals surface area contributed by atoms with E-state index in [0.29, 0.717) is 0 Å². The Morgan fingerprint density at radius 2 is 1.42 bits per heavy atom. The lowest BCUT2D eigenvalue weighted by molar-refractivity contribution is 0.691. The molecule has 2 aliphatic carbocycles. The Kier molecular flexibility index (Phi) is 3.68. The van der Waals surface area contributed by atoms with E-state index >= 15 is 0 Å². The highest BCUT2D eigenvalue weighted by Gasteiger charge is 2.25. The van der Waals surface area contributed by atoms with Crippen LogP contribution in [0.3, 0.4) is 0 Å². The molecular weight excluding hydrogens is 207 g/mol. The van der Waals surface area contributed by atoms with E-state index in [-0.39, 0.29) is 0 Å². The molecule has 2 bridgehead atoms. The molecule has 2 atom stereocenters. The molecule has 0 heterocycles. The quantitative estimate of drug-likeness (QED) is 0.329. The van der Waals surface area contributed by atoms with Crippen LogP contribution < -0.4 is 0 Å². The fourth-order valence-corrected chi connectivity index (χ4v) is 1.72. The van der Waals surface area contributed by atoms with Crippen molar-refractivity contribution in [3.05, 3.63) is 12.2 Å². The first-order valence-corrected chi connectivity index (χ1v) is 9.53. The van der Waals surface area contributed by atoms with Crippen LogP contribution in [-0.4, -0.2) is 6.69 Å². The molecule has 0 spiro atoms. The number of hydrogen-bond acceptors (Lipinski definition) is 0. The van der Waals surface area contributed by atoms with E-state index in [1.165, 1.54) is 19.3 Å². The lowest BCUT2D eigenvalue weighted by atomic mass is 10.1. The van der Waals surface area contributed by atoms with Gasteiger partial charge in [-0.1, -0.05) is 12.2 Å². The van der Waals surface area contributed by atoms with Gasteiger partial charge in [-0.25, -0.2) is 0 Å². The number of fused-ring (bicyclic) bond motifs is 2. The summed E-state index contributed by atoms with van der Waals surface area (Å²) in [4.78, 5) is 0. The number of halogens is 2. The Bertz CT molecular complexity index is 154. The zero-order valence-corrected chi connectivity index (χ0v) is 10.2. The molecule has 12 heavy (non-hydrogen) atoms. The summed E-state index contributed by atoms with van der Waals surface area (Å²) in [5.74, 6) is 1.98. The fraction of sp³-hybridized carbons (Fsp3) is 0.778. The van der Waals surface area contributed by atoms with Crippen molar-refractivity contribution in [1.29, 1.82) is 0 Å². The van der Waals surface area contributed by atoms with Crippen LogP contribution in [0.25, 0.3) is 0 Å². The van der Waals surface area contributed by atoms with Crippen molar-refractivity contribution in [3.63, 3.8) is 0 Å². The maximum Gasteiger partial charge on any atom is 0.245 e. The van der Waals surface area contributed by atoms with Crippen LogP contribution >= 0.6 is 22.2 Å². The Balaban J connectivity index is 0.000000130. The highest BCUT2D eigenvalue weighted by Crippen LogP contribution is 2.38. The molecule has 2 aliphatic rings. The average Bonchev–Trinajstić information content (AvgIpc) is 2.42. The predicted molar refractivity (Wildman–Crippen MR) is 59.2 cm³/mol. The van der Waals surface area contributed by atoms with Gasteiger partial charge in [0.15, 0.2) is 0 Å². The molecule has 0 aromatic heterocycles. The van der Waals surface area contributed by atoms with Gasteiger partial charge in [0, 0.05) is 0 Å². The van der Waals surface area contributed by atoms with E-state index in [9.17, 15) is 0 Å². The minimum atomic E-state index is -1.67. The highest BCUT2D eigenvalue weighted by molar-refractivity contribution is 7.44. The van der Waals surface area contributed by atoms with Crippen molar-refractivity contribution in [3.8, 4) is 0 Å². The van der Waals surface area contributed by atoms with Gasteiger partial charge in [0.05, 0.1) is 0 Å². The summed E-state index contributed by atoms with van der Waals surface area (Å²) in [6.07, 6.45) is 9.19. The second kappa shape index (κ2) is 4.16. The van der Waals surface area contributed by atoms with Crippen LogP contribution in [0, 0.1) is 11.8 Å². The van der Waals surface area contributed by atoms with Gasteiger partial charge < -0.3 is 0 Å². The molecule has 0 aromatic carbocycles. The van der Waals surface area contributed by atoms with Crippen LogP contribution in [0.5, 0.6) is 0 Å². The molecule has 0 saturated heterocycles. The first kappa shape index (κ1) is 10.6. The maximum atomic E-state index is 5.43. The summed E-state index contributed by atoms with van der Waals surface area (Å²) in [5, 5.41) is 0. The normalized spacial score (nSPS) is 31.7. The summed E-state index contributed by atoms with van der Waals surface area (Å²) in [5.41, 5.74) is 0. The Morgan fingerprint density at radius 1 is 1.08 bits per heavy atom. The van der Waals surface area contributed by atoms with Crippen LogP contribution in [-0.2, 0) is 0 Å². The Labute approximate surface area is 85.4 Å². The van der Waals surface area contributed by atoms with E-state index in [2.05, 4.69) is 12.2 Å². The first-order valence-electron chi connectivity index (χ1n) is 4.51. The molecule has 1 saturated carbocycles. The van der Waals surface area contributed by atoms with E-state index < -0.39 is 6.69 Å². The topological polar surface area (TPSA) is 0 Å². The fourth-order valence-electron chi connectivity index (χ4n) is 1.72. The van der Waals surface area contributed by atoms with E-state index in [1.807, 2.05) is 13.1 Å². The van der Waals surface area contributed by atoms with Crippen molar-refractivity contribution in [1.82, 2.24) is 0 Å². The van der Waals surface area contributed by atoms with Crippen LogP contribution in [0.15, 0.2) is 12.2 Å². The summed E-state index contributed by atoms with van der Waals surface area (Å²) >= 11 is 10.9. The number of hydrogen-bond donors (Lipinski definition) is 0. The zero-order valence-electron chi connectivity index (χ0n) is 7.69. The molecule has 0 N–H and O–H groups in total. The van der Waals surface area contributed by atoms with E-state index in [4.69, 9.17) is 22.2 Å².